The minimum Gasteiger partial charge on any atom is -0.338 e. The largest absolute Gasteiger partial charge is 0.338 e. The summed E-state index contributed by atoms with van der Waals surface area (Å²) in [5.41, 5.74) is 2.85. The second-order valence-electron chi connectivity index (χ2n) is 6.89. The van der Waals surface area contributed by atoms with Crippen LogP contribution in [0.1, 0.15) is 34.3 Å². The molecule has 0 atom stereocenters. The molecule has 142 valence electrons. The Kier molecular flexibility index (Phi) is 6.35. The normalized spacial score (nSPS) is 14.7. The van der Waals surface area contributed by atoms with Crippen LogP contribution in [0.2, 0.25) is 5.02 Å². The number of carbonyl (C=O) groups excluding carboxylic acids is 2. The first-order valence-electron chi connectivity index (χ1n) is 9.16. The molecule has 0 saturated carbocycles. The maximum Gasteiger partial charge on any atom is 0.315 e. The molecule has 3 rings (SSSR count). The molecule has 1 fully saturated rings. The van der Waals surface area contributed by atoms with Crippen LogP contribution < -0.4 is 10.6 Å². The van der Waals surface area contributed by atoms with Crippen molar-refractivity contribution in [1.82, 2.24) is 15.5 Å². The van der Waals surface area contributed by atoms with Crippen LogP contribution in [0.25, 0.3) is 0 Å². The van der Waals surface area contributed by atoms with E-state index in [4.69, 9.17) is 11.6 Å². The van der Waals surface area contributed by atoms with Gasteiger partial charge in [0.15, 0.2) is 0 Å². The van der Waals surface area contributed by atoms with E-state index in [1.165, 1.54) is 0 Å². The van der Waals surface area contributed by atoms with Gasteiger partial charge in [-0.05, 0) is 49.6 Å². The average Bonchev–Trinajstić information content (AvgIpc) is 2.68. The lowest BCUT2D eigenvalue weighted by molar-refractivity contribution is 0.0708. The van der Waals surface area contributed by atoms with Crippen molar-refractivity contribution in [2.45, 2.75) is 32.4 Å². The van der Waals surface area contributed by atoms with E-state index >= 15 is 0 Å². The first-order valence-corrected chi connectivity index (χ1v) is 9.54. The second-order valence-corrected chi connectivity index (χ2v) is 7.32. The number of aryl methyl sites for hydroxylation is 1. The van der Waals surface area contributed by atoms with E-state index in [0.717, 1.165) is 24.0 Å². The van der Waals surface area contributed by atoms with E-state index in [2.05, 4.69) is 10.6 Å². The third-order valence-electron chi connectivity index (χ3n) is 4.78. The van der Waals surface area contributed by atoms with Crippen LogP contribution in [0.3, 0.4) is 0 Å². The van der Waals surface area contributed by atoms with Crippen molar-refractivity contribution in [3.05, 3.63) is 70.2 Å². The highest BCUT2D eigenvalue weighted by molar-refractivity contribution is 6.30. The summed E-state index contributed by atoms with van der Waals surface area (Å²) < 4.78 is 0. The smallest absolute Gasteiger partial charge is 0.315 e. The van der Waals surface area contributed by atoms with Crippen molar-refractivity contribution < 1.29 is 9.59 Å². The van der Waals surface area contributed by atoms with Gasteiger partial charge in [0.2, 0.25) is 0 Å². The van der Waals surface area contributed by atoms with Crippen molar-refractivity contribution in [2.75, 3.05) is 13.1 Å². The zero-order chi connectivity index (χ0) is 19.2. The molecule has 1 aliphatic heterocycles. The van der Waals surface area contributed by atoms with Gasteiger partial charge in [-0.1, -0.05) is 41.4 Å². The van der Waals surface area contributed by atoms with Crippen LogP contribution >= 0.6 is 11.6 Å². The highest BCUT2D eigenvalue weighted by Gasteiger charge is 2.24. The lowest BCUT2D eigenvalue weighted by Gasteiger charge is -2.32. The van der Waals surface area contributed by atoms with Gasteiger partial charge >= 0.3 is 6.03 Å². The third kappa shape index (κ3) is 5.47. The van der Waals surface area contributed by atoms with Gasteiger partial charge in [0.1, 0.15) is 0 Å². The number of carbonyl (C=O) groups is 2. The van der Waals surface area contributed by atoms with Gasteiger partial charge in [0, 0.05) is 36.3 Å². The maximum absolute atomic E-state index is 12.5. The molecule has 6 heteroatoms. The molecule has 0 bridgehead atoms. The fourth-order valence-electron chi connectivity index (χ4n) is 3.13. The lowest BCUT2D eigenvalue weighted by Crippen LogP contribution is -2.49. The summed E-state index contributed by atoms with van der Waals surface area (Å²) in [5.74, 6) is 0.0561. The number of halogens is 1. The number of piperidine rings is 1. The number of amides is 3. The molecule has 0 aliphatic carbocycles. The average molecular weight is 386 g/mol. The zero-order valence-electron chi connectivity index (χ0n) is 15.4. The summed E-state index contributed by atoms with van der Waals surface area (Å²) >= 11 is 5.86. The Morgan fingerprint density at radius 1 is 1.04 bits per heavy atom. The number of hydrogen-bond donors (Lipinski definition) is 2. The van der Waals surface area contributed by atoms with E-state index in [0.29, 0.717) is 30.2 Å². The van der Waals surface area contributed by atoms with E-state index < -0.39 is 0 Å². The van der Waals surface area contributed by atoms with Crippen molar-refractivity contribution in [3.8, 4) is 0 Å². The van der Waals surface area contributed by atoms with Crippen molar-refractivity contribution in [1.29, 1.82) is 0 Å². The Bertz CT molecular complexity index is 782. The topological polar surface area (TPSA) is 61.4 Å². The number of nitrogens with zero attached hydrogens (tertiary/aromatic N) is 1. The summed E-state index contributed by atoms with van der Waals surface area (Å²) in [6.45, 7) is 3.75. The van der Waals surface area contributed by atoms with Gasteiger partial charge in [-0.2, -0.15) is 0 Å². The van der Waals surface area contributed by atoms with Crippen molar-refractivity contribution >= 4 is 23.5 Å². The molecular formula is C21H24ClN3O2. The molecule has 2 N–H and O–H groups in total. The summed E-state index contributed by atoms with van der Waals surface area (Å²) in [6.07, 6.45) is 1.51. The molecule has 2 aromatic carbocycles. The standard InChI is InChI=1S/C21H24ClN3O2/c1-15-2-6-17(7-3-15)20(26)25-12-10-19(11-13-25)24-21(27)23-14-16-4-8-18(22)9-5-16/h2-9,19H,10-14H2,1H3,(H2,23,24,27). The van der Waals surface area contributed by atoms with E-state index in [-0.39, 0.29) is 18.0 Å². The van der Waals surface area contributed by atoms with Crippen LogP contribution in [-0.2, 0) is 6.54 Å². The van der Waals surface area contributed by atoms with Crippen LogP contribution in [0.4, 0.5) is 4.79 Å². The Labute approximate surface area is 164 Å². The summed E-state index contributed by atoms with van der Waals surface area (Å²) in [4.78, 5) is 26.5. The molecular weight excluding hydrogens is 362 g/mol. The highest BCUT2D eigenvalue weighted by atomic mass is 35.5. The number of urea groups is 1. The predicted octanol–water partition coefficient (Wildman–Crippen LogP) is 3.75. The van der Waals surface area contributed by atoms with E-state index in [1.54, 1.807) is 12.1 Å². The second kappa shape index (κ2) is 8.91. The molecule has 0 spiro atoms. The fourth-order valence-corrected chi connectivity index (χ4v) is 3.25. The minimum absolute atomic E-state index is 0.0561. The summed E-state index contributed by atoms with van der Waals surface area (Å²) in [5, 5.41) is 6.53. The molecule has 0 aromatic heterocycles. The van der Waals surface area contributed by atoms with Gasteiger partial charge in [0.25, 0.3) is 5.91 Å². The lowest BCUT2D eigenvalue weighted by atomic mass is 10.0. The van der Waals surface area contributed by atoms with Crippen LogP contribution in [0.5, 0.6) is 0 Å². The third-order valence-corrected chi connectivity index (χ3v) is 5.03. The predicted molar refractivity (Wildman–Crippen MR) is 107 cm³/mol. The van der Waals surface area contributed by atoms with Crippen molar-refractivity contribution in [2.24, 2.45) is 0 Å². The summed E-state index contributed by atoms with van der Waals surface area (Å²) in [6, 6.07) is 14.9. The molecule has 0 radical (unpaired) electrons. The quantitative estimate of drug-likeness (QED) is 0.841. The Hall–Kier alpha value is -2.53. The zero-order valence-corrected chi connectivity index (χ0v) is 16.1. The molecule has 2 aromatic rings. The highest BCUT2D eigenvalue weighted by Crippen LogP contribution is 2.15. The molecule has 5 nitrogen and oxygen atoms in total. The molecule has 27 heavy (non-hydrogen) atoms. The van der Waals surface area contributed by atoms with E-state index in [9.17, 15) is 9.59 Å². The maximum atomic E-state index is 12.5. The Morgan fingerprint density at radius 2 is 1.67 bits per heavy atom. The molecule has 0 unspecified atom stereocenters. The Morgan fingerprint density at radius 3 is 2.30 bits per heavy atom. The van der Waals surface area contributed by atoms with Gasteiger partial charge in [-0.25, -0.2) is 4.79 Å². The summed E-state index contributed by atoms with van der Waals surface area (Å²) in [7, 11) is 0. The van der Waals surface area contributed by atoms with Crippen LogP contribution in [-0.4, -0.2) is 36.0 Å². The first-order chi connectivity index (χ1) is 13.0. The number of hydrogen-bond acceptors (Lipinski definition) is 2. The SMILES string of the molecule is Cc1ccc(C(=O)N2CCC(NC(=O)NCc3ccc(Cl)cc3)CC2)cc1. The molecule has 1 aliphatic rings. The molecule has 1 heterocycles. The number of rotatable bonds is 4. The monoisotopic (exact) mass is 385 g/mol. The van der Waals surface area contributed by atoms with Gasteiger partial charge < -0.3 is 15.5 Å². The van der Waals surface area contributed by atoms with Crippen LogP contribution in [0.15, 0.2) is 48.5 Å². The minimum atomic E-state index is -0.187. The van der Waals surface area contributed by atoms with Gasteiger partial charge in [-0.3, -0.25) is 4.79 Å². The van der Waals surface area contributed by atoms with Gasteiger partial charge in [0.05, 0.1) is 0 Å². The Balaban J connectivity index is 1.42. The number of nitrogens with one attached hydrogen (secondary N) is 2. The number of benzene rings is 2. The fraction of sp³-hybridized carbons (Fsp3) is 0.333. The molecule has 3 amide bonds. The van der Waals surface area contributed by atoms with Crippen molar-refractivity contribution in [3.63, 3.8) is 0 Å². The van der Waals surface area contributed by atoms with Gasteiger partial charge in [-0.15, -0.1) is 0 Å². The van der Waals surface area contributed by atoms with Crippen LogP contribution in [0, 0.1) is 6.92 Å². The first kappa shape index (κ1) is 19.2. The molecule has 1 saturated heterocycles. The number of likely N-dealkylation sites (tertiary alicyclic amines) is 1. The van der Waals surface area contributed by atoms with E-state index in [1.807, 2.05) is 48.2 Å².